The molecule has 2 N–H and O–H groups in total. The van der Waals surface area contributed by atoms with Crippen LogP contribution in [0.1, 0.15) is 18.4 Å². The first-order valence-electron chi connectivity index (χ1n) is 4.61. The van der Waals surface area contributed by atoms with Gasteiger partial charge < -0.3 is 5.73 Å². The Balaban J connectivity index is 1.71. The summed E-state index contributed by atoms with van der Waals surface area (Å²) in [7, 11) is 0. The van der Waals surface area contributed by atoms with Gasteiger partial charge in [-0.1, -0.05) is 0 Å². The van der Waals surface area contributed by atoms with Gasteiger partial charge in [0.25, 0.3) is 0 Å². The van der Waals surface area contributed by atoms with Gasteiger partial charge in [0, 0.05) is 0 Å². The van der Waals surface area contributed by atoms with Crippen molar-refractivity contribution in [3.63, 3.8) is 0 Å². The molecule has 2 rings (SSSR count). The van der Waals surface area contributed by atoms with Crippen molar-refractivity contribution in [2.75, 3.05) is 6.54 Å². The van der Waals surface area contributed by atoms with Gasteiger partial charge in [0.1, 0.15) is 0 Å². The average Bonchev–Trinajstić information content (AvgIpc) is 2.67. The monoisotopic (exact) mass is 181 g/mol. The number of thiophene rings is 1. The molecule has 0 radical (unpaired) electrons. The highest BCUT2D eigenvalue weighted by molar-refractivity contribution is 7.07. The van der Waals surface area contributed by atoms with E-state index in [-0.39, 0.29) is 0 Å². The van der Waals surface area contributed by atoms with E-state index in [1.165, 1.54) is 24.8 Å². The van der Waals surface area contributed by atoms with Gasteiger partial charge in [-0.15, -0.1) is 0 Å². The van der Waals surface area contributed by atoms with Crippen LogP contribution in [-0.2, 0) is 6.42 Å². The highest BCUT2D eigenvalue weighted by Crippen LogP contribution is 2.40. The van der Waals surface area contributed by atoms with E-state index in [9.17, 15) is 0 Å². The van der Waals surface area contributed by atoms with Crippen molar-refractivity contribution in [1.29, 1.82) is 0 Å². The Bertz CT molecular complexity index is 230. The molecule has 2 atom stereocenters. The summed E-state index contributed by atoms with van der Waals surface area (Å²) in [5.41, 5.74) is 7.08. The fourth-order valence-corrected chi connectivity index (χ4v) is 2.44. The van der Waals surface area contributed by atoms with Gasteiger partial charge in [-0.25, -0.2) is 0 Å². The third-order valence-electron chi connectivity index (χ3n) is 2.76. The summed E-state index contributed by atoms with van der Waals surface area (Å²) in [6.07, 6.45) is 3.98. The topological polar surface area (TPSA) is 26.0 Å². The molecule has 1 nitrogen and oxygen atoms in total. The van der Waals surface area contributed by atoms with Crippen LogP contribution in [0.2, 0.25) is 0 Å². The standard InChI is InChI=1S/C10H15NS/c11-6-10-5-9(10)2-1-8-3-4-12-7-8/h3-4,7,9-10H,1-2,5-6,11H2/t9-,10+/m1/s1. The number of rotatable bonds is 4. The molecule has 0 aromatic carbocycles. The Kier molecular flexibility index (Phi) is 2.47. The van der Waals surface area contributed by atoms with E-state index in [2.05, 4.69) is 16.8 Å². The second-order valence-electron chi connectivity index (χ2n) is 3.66. The van der Waals surface area contributed by atoms with E-state index in [4.69, 9.17) is 5.73 Å². The first-order valence-corrected chi connectivity index (χ1v) is 5.55. The molecule has 1 aromatic heterocycles. The van der Waals surface area contributed by atoms with Crippen molar-refractivity contribution in [2.45, 2.75) is 19.3 Å². The van der Waals surface area contributed by atoms with E-state index in [0.717, 1.165) is 18.4 Å². The van der Waals surface area contributed by atoms with Crippen molar-refractivity contribution >= 4 is 11.3 Å². The van der Waals surface area contributed by atoms with E-state index in [1.54, 1.807) is 11.3 Å². The normalized spacial score (nSPS) is 27.4. The molecule has 66 valence electrons. The van der Waals surface area contributed by atoms with E-state index in [0.29, 0.717) is 0 Å². The second kappa shape index (κ2) is 3.58. The molecule has 0 bridgehead atoms. The molecule has 0 spiro atoms. The molecule has 1 saturated carbocycles. The predicted molar refractivity (Wildman–Crippen MR) is 53.3 cm³/mol. The Labute approximate surface area is 77.6 Å². The highest BCUT2D eigenvalue weighted by Gasteiger charge is 2.34. The van der Waals surface area contributed by atoms with Crippen molar-refractivity contribution in [3.05, 3.63) is 22.4 Å². The molecule has 1 aliphatic carbocycles. The molecule has 1 fully saturated rings. The summed E-state index contributed by atoms with van der Waals surface area (Å²) in [4.78, 5) is 0. The van der Waals surface area contributed by atoms with Gasteiger partial charge in [-0.2, -0.15) is 11.3 Å². The quantitative estimate of drug-likeness (QED) is 0.757. The smallest absolute Gasteiger partial charge is 0.00461 e. The van der Waals surface area contributed by atoms with E-state index in [1.807, 2.05) is 0 Å². The maximum atomic E-state index is 5.58. The van der Waals surface area contributed by atoms with Crippen LogP contribution < -0.4 is 5.73 Å². The van der Waals surface area contributed by atoms with Crippen LogP contribution in [0.5, 0.6) is 0 Å². The van der Waals surface area contributed by atoms with Crippen molar-refractivity contribution in [3.8, 4) is 0 Å². The van der Waals surface area contributed by atoms with Crippen LogP contribution in [0.4, 0.5) is 0 Å². The van der Waals surface area contributed by atoms with E-state index >= 15 is 0 Å². The summed E-state index contributed by atoms with van der Waals surface area (Å²) >= 11 is 1.79. The van der Waals surface area contributed by atoms with Crippen LogP contribution in [-0.4, -0.2) is 6.54 Å². The van der Waals surface area contributed by atoms with Crippen LogP contribution in [0.25, 0.3) is 0 Å². The SMILES string of the molecule is NC[C@@H]1C[C@H]1CCc1ccsc1. The first kappa shape index (κ1) is 8.27. The minimum atomic E-state index is 0.851. The number of nitrogens with two attached hydrogens (primary N) is 1. The fraction of sp³-hybridized carbons (Fsp3) is 0.600. The Morgan fingerprint density at radius 3 is 3.00 bits per heavy atom. The molecule has 1 aliphatic rings. The van der Waals surface area contributed by atoms with Gasteiger partial charge in [0.05, 0.1) is 0 Å². The lowest BCUT2D eigenvalue weighted by molar-refractivity contribution is 0.650. The van der Waals surface area contributed by atoms with Crippen LogP contribution in [0.15, 0.2) is 16.8 Å². The van der Waals surface area contributed by atoms with Gasteiger partial charge in [0.15, 0.2) is 0 Å². The molecule has 0 unspecified atom stereocenters. The van der Waals surface area contributed by atoms with Crippen molar-refractivity contribution < 1.29 is 0 Å². The lowest BCUT2D eigenvalue weighted by Gasteiger charge is -1.96. The predicted octanol–water partition coefficient (Wildman–Crippen LogP) is 2.28. The molecule has 1 heterocycles. The molecule has 0 amide bonds. The second-order valence-corrected chi connectivity index (χ2v) is 4.44. The molecule has 1 aromatic rings. The summed E-state index contributed by atoms with van der Waals surface area (Å²) in [5, 5.41) is 4.41. The summed E-state index contributed by atoms with van der Waals surface area (Å²) in [6.45, 7) is 0.897. The average molecular weight is 181 g/mol. The molecule has 0 saturated heterocycles. The van der Waals surface area contributed by atoms with Crippen LogP contribution >= 0.6 is 11.3 Å². The molecular weight excluding hydrogens is 166 g/mol. The lowest BCUT2D eigenvalue weighted by atomic mass is 10.1. The van der Waals surface area contributed by atoms with Crippen LogP contribution in [0, 0.1) is 11.8 Å². The maximum absolute atomic E-state index is 5.58. The van der Waals surface area contributed by atoms with Gasteiger partial charge in [0.2, 0.25) is 0 Å². The summed E-state index contributed by atoms with van der Waals surface area (Å²) in [6, 6.07) is 2.23. The largest absolute Gasteiger partial charge is 0.330 e. The first-order chi connectivity index (χ1) is 5.90. The molecule has 12 heavy (non-hydrogen) atoms. The minimum absolute atomic E-state index is 0.851. The zero-order valence-corrected chi connectivity index (χ0v) is 8.02. The molecule has 2 heteroatoms. The summed E-state index contributed by atoms with van der Waals surface area (Å²) < 4.78 is 0. The van der Waals surface area contributed by atoms with Gasteiger partial charge in [-0.05, 0) is 60.0 Å². The molecule has 0 aliphatic heterocycles. The summed E-state index contributed by atoms with van der Waals surface area (Å²) in [5.74, 6) is 1.79. The van der Waals surface area contributed by atoms with E-state index < -0.39 is 0 Å². The highest BCUT2D eigenvalue weighted by atomic mass is 32.1. The Morgan fingerprint density at radius 1 is 1.50 bits per heavy atom. The Morgan fingerprint density at radius 2 is 2.42 bits per heavy atom. The van der Waals surface area contributed by atoms with Gasteiger partial charge >= 0.3 is 0 Å². The third-order valence-corrected chi connectivity index (χ3v) is 3.49. The minimum Gasteiger partial charge on any atom is -0.330 e. The third kappa shape index (κ3) is 1.87. The Hall–Kier alpha value is -0.340. The number of hydrogen-bond donors (Lipinski definition) is 1. The fourth-order valence-electron chi connectivity index (χ4n) is 1.74. The van der Waals surface area contributed by atoms with Crippen LogP contribution in [0.3, 0.4) is 0 Å². The van der Waals surface area contributed by atoms with Crippen molar-refractivity contribution in [1.82, 2.24) is 0 Å². The zero-order valence-electron chi connectivity index (χ0n) is 7.20. The zero-order chi connectivity index (χ0) is 8.39. The number of hydrogen-bond acceptors (Lipinski definition) is 2. The molecular formula is C10H15NS. The van der Waals surface area contributed by atoms with Crippen molar-refractivity contribution in [2.24, 2.45) is 17.6 Å². The lowest BCUT2D eigenvalue weighted by Crippen LogP contribution is -2.02. The van der Waals surface area contributed by atoms with Gasteiger partial charge in [-0.3, -0.25) is 0 Å². The number of aryl methyl sites for hydroxylation is 1. The maximum Gasteiger partial charge on any atom is -0.00461 e.